The van der Waals surface area contributed by atoms with Gasteiger partial charge in [-0.05, 0) is 12.5 Å². The third kappa shape index (κ3) is 1.35. The molecule has 0 atom stereocenters. The van der Waals surface area contributed by atoms with Gasteiger partial charge < -0.3 is 5.73 Å². The van der Waals surface area contributed by atoms with Crippen LogP contribution in [0.2, 0.25) is 0 Å². The molecular formula is C10H11N3O. The smallest absolute Gasteiger partial charge is 0.258 e. The zero-order valence-electron chi connectivity index (χ0n) is 7.90. The molecule has 4 heteroatoms. The molecule has 0 fully saturated rings. The van der Waals surface area contributed by atoms with Gasteiger partial charge >= 0.3 is 0 Å². The fourth-order valence-corrected chi connectivity index (χ4v) is 1.35. The summed E-state index contributed by atoms with van der Waals surface area (Å²) < 4.78 is 1.48. The van der Waals surface area contributed by atoms with Crippen LogP contribution >= 0.6 is 0 Å². The van der Waals surface area contributed by atoms with E-state index in [2.05, 4.69) is 4.98 Å². The first-order valence-electron chi connectivity index (χ1n) is 4.48. The van der Waals surface area contributed by atoms with Crippen molar-refractivity contribution >= 4 is 11.3 Å². The molecule has 0 bridgehead atoms. The number of rotatable bonds is 1. The van der Waals surface area contributed by atoms with E-state index in [0.29, 0.717) is 11.3 Å². The molecule has 0 amide bonds. The summed E-state index contributed by atoms with van der Waals surface area (Å²) in [6, 6.07) is 4.92. The second-order valence-electron chi connectivity index (χ2n) is 3.13. The second-order valence-corrected chi connectivity index (χ2v) is 3.13. The fourth-order valence-electron chi connectivity index (χ4n) is 1.35. The number of aryl methyl sites for hydroxylation is 1. The van der Waals surface area contributed by atoms with Crippen LogP contribution < -0.4 is 11.3 Å². The largest absolute Gasteiger partial charge is 0.399 e. The van der Waals surface area contributed by atoms with E-state index in [1.54, 1.807) is 24.4 Å². The van der Waals surface area contributed by atoms with Crippen LogP contribution in [-0.2, 0) is 6.42 Å². The molecule has 0 spiro atoms. The minimum atomic E-state index is -0.0631. The summed E-state index contributed by atoms with van der Waals surface area (Å²) in [4.78, 5) is 15.9. The van der Waals surface area contributed by atoms with E-state index in [-0.39, 0.29) is 5.56 Å². The maximum absolute atomic E-state index is 11.6. The van der Waals surface area contributed by atoms with Gasteiger partial charge in [-0.2, -0.15) is 0 Å². The molecule has 2 aromatic rings. The van der Waals surface area contributed by atoms with Crippen LogP contribution in [0.5, 0.6) is 0 Å². The molecular weight excluding hydrogens is 178 g/mol. The lowest BCUT2D eigenvalue weighted by Gasteiger charge is -2.02. The maximum atomic E-state index is 11.6. The van der Waals surface area contributed by atoms with Crippen LogP contribution in [0, 0.1) is 0 Å². The summed E-state index contributed by atoms with van der Waals surface area (Å²) >= 11 is 0. The van der Waals surface area contributed by atoms with Crippen molar-refractivity contribution in [2.45, 2.75) is 13.3 Å². The van der Waals surface area contributed by atoms with Gasteiger partial charge in [-0.1, -0.05) is 6.92 Å². The van der Waals surface area contributed by atoms with E-state index in [1.807, 2.05) is 6.92 Å². The molecule has 0 radical (unpaired) electrons. The van der Waals surface area contributed by atoms with Crippen molar-refractivity contribution in [3.05, 3.63) is 40.4 Å². The number of hydrogen-bond donors (Lipinski definition) is 1. The van der Waals surface area contributed by atoms with Crippen molar-refractivity contribution in [1.29, 1.82) is 0 Å². The van der Waals surface area contributed by atoms with Gasteiger partial charge in [0.2, 0.25) is 0 Å². The van der Waals surface area contributed by atoms with E-state index in [1.165, 1.54) is 4.40 Å². The van der Waals surface area contributed by atoms with Crippen LogP contribution in [0.4, 0.5) is 5.69 Å². The number of nitrogens with two attached hydrogens (primary N) is 1. The lowest BCUT2D eigenvalue weighted by atomic mass is 10.3. The van der Waals surface area contributed by atoms with Crippen LogP contribution in [0.3, 0.4) is 0 Å². The van der Waals surface area contributed by atoms with Crippen molar-refractivity contribution in [2.24, 2.45) is 0 Å². The van der Waals surface area contributed by atoms with Crippen molar-refractivity contribution in [3.8, 4) is 0 Å². The predicted octanol–water partition coefficient (Wildman–Crippen LogP) is 0.839. The minimum absolute atomic E-state index is 0.0631. The number of anilines is 1. The zero-order valence-corrected chi connectivity index (χ0v) is 7.90. The van der Waals surface area contributed by atoms with Crippen molar-refractivity contribution in [3.63, 3.8) is 0 Å². The number of aromatic nitrogens is 2. The van der Waals surface area contributed by atoms with Gasteiger partial charge in [0.25, 0.3) is 5.56 Å². The highest BCUT2D eigenvalue weighted by Gasteiger charge is 2.00. The van der Waals surface area contributed by atoms with Gasteiger partial charge in [0.1, 0.15) is 5.65 Å². The summed E-state index contributed by atoms with van der Waals surface area (Å²) in [7, 11) is 0. The number of nitrogens with zero attached hydrogens (tertiary/aromatic N) is 2. The molecule has 0 aliphatic rings. The number of fused-ring (bicyclic) bond motifs is 1. The van der Waals surface area contributed by atoms with E-state index < -0.39 is 0 Å². The van der Waals surface area contributed by atoms with Crippen molar-refractivity contribution < 1.29 is 0 Å². The highest BCUT2D eigenvalue weighted by Crippen LogP contribution is 2.05. The lowest BCUT2D eigenvalue weighted by molar-refractivity contribution is 0.966. The molecule has 2 aromatic heterocycles. The molecule has 14 heavy (non-hydrogen) atoms. The number of hydrogen-bond acceptors (Lipinski definition) is 3. The van der Waals surface area contributed by atoms with Gasteiger partial charge in [-0.3, -0.25) is 9.20 Å². The van der Waals surface area contributed by atoms with Crippen LogP contribution in [0.1, 0.15) is 12.6 Å². The highest BCUT2D eigenvalue weighted by molar-refractivity contribution is 5.51. The first-order chi connectivity index (χ1) is 6.70. The minimum Gasteiger partial charge on any atom is -0.399 e. The third-order valence-electron chi connectivity index (χ3n) is 2.11. The molecule has 72 valence electrons. The molecule has 2 rings (SSSR count). The molecule has 2 N–H and O–H groups in total. The van der Waals surface area contributed by atoms with Gasteiger partial charge in [0.05, 0.1) is 0 Å². The molecule has 0 aliphatic heterocycles. The van der Waals surface area contributed by atoms with Gasteiger partial charge in [-0.25, -0.2) is 4.98 Å². The fraction of sp³-hybridized carbons (Fsp3) is 0.200. The summed E-state index contributed by atoms with van der Waals surface area (Å²) in [5.74, 6) is 0. The first-order valence-corrected chi connectivity index (χ1v) is 4.48. The SMILES string of the molecule is CCc1cc(=O)n2ccc(N)cc2n1. The van der Waals surface area contributed by atoms with Crippen molar-refractivity contribution in [1.82, 2.24) is 9.38 Å². The Morgan fingerprint density at radius 2 is 2.29 bits per heavy atom. The van der Waals surface area contributed by atoms with Gasteiger partial charge in [0, 0.05) is 29.7 Å². The molecule has 0 saturated carbocycles. The standard InChI is InChI=1S/C10H11N3O/c1-2-8-6-10(14)13-4-3-7(11)5-9(13)12-8/h3-6H,2,11H2,1H3. The van der Waals surface area contributed by atoms with Gasteiger partial charge in [0.15, 0.2) is 0 Å². The average Bonchev–Trinajstić information content (AvgIpc) is 2.16. The molecule has 0 aliphatic carbocycles. The summed E-state index contributed by atoms with van der Waals surface area (Å²) in [6.45, 7) is 1.96. The van der Waals surface area contributed by atoms with E-state index in [0.717, 1.165) is 12.1 Å². The second kappa shape index (κ2) is 3.14. The highest BCUT2D eigenvalue weighted by atomic mass is 16.1. The molecule has 2 heterocycles. The molecule has 0 unspecified atom stereocenters. The summed E-state index contributed by atoms with van der Waals surface area (Å²) in [5.41, 5.74) is 7.56. The first kappa shape index (κ1) is 8.74. The van der Waals surface area contributed by atoms with Crippen molar-refractivity contribution in [2.75, 3.05) is 5.73 Å². The Hall–Kier alpha value is -1.84. The van der Waals surface area contributed by atoms with Crippen LogP contribution in [0.15, 0.2) is 29.2 Å². The molecule has 0 saturated heterocycles. The van der Waals surface area contributed by atoms with E-state index >= 15 is 0 Å². The molecule has 4 nitrogen and oxygen atoms in total. The topological polar surface area (TPSA) is 60.4 Å². The Kier molecular flexibility index (Phi) is 1.96. The Morgan fingerprint density at radius 1 is 1.50 bits per heavy atom. The van der Waals surface area contributed by atoms with E-state index in [4.69, 9.17) is 5.73 Å². The normalized spacial score (nSPS) is 10.6. The third-order valence-corrected chi connectivity index (χ3v) is 2.11. The Morgan fingerprint density at radius 3 is 3.00 bits per heavy atom. The Bertz CT molecular complexity index is 530. The Balaban J connectivity index is 2.84. The molecule has 0 aromatic carbocycles. The summed E-state index contributed by atoms with van der Waals surface area (Å²) in [5, 5.41) is 0. The summed E-state index contributed by atoms with van der Waals surface area (Å²) in [6.07, 6.45) is 2.39. The number of nitrogen functional groups attached to an aromatic ring is 1. The lowest BCUT2D eigenvalue weighted by Crippen LogP contribution is -2.15. The average molecular weight is 189 g/mol. The van der Waals surface area contributed by atoms with Gasteiger partial charge in [-0.15, -0.1) is 0 Å². The Labute approximate surface area is 81.0 Å². The predicted molar refractivity (Wildman–Crippen MR) is 55.3 cm³/mol. The van der Waals surface area contributed by atoms with Crippen LogP contribution in [0.25, 0.3) is 5.65 Å². The quantitative estimate of drug-likeness (QED) is 0.723. The monoisotopic (exact) mass is 189 g/mol. The number of pyridine rings is 1. The van der Waals surface area contributed by atoms with Crippen LogP contribution in [-0.4, -0.2) is 9.38 Å². The maximum Gasteiger partial charge on any atom is 0.258 e. The zero-order chi connectivity index (χ0) is 10.1. The van der Waals surface area contributed by atoms with E-state index in [9.17, 15) is 4.79 Å².